The van der Waals surface area contributed by atoms with E-state index in [1.165, 1.54) is 24.3 Å². The highest BCUT2D eigenvalue weighted by molar-refractivity contribution is 6.00. The number of hydrogen-bond acceptors (Lipinski definition) is 4. The summed E-state index contributed by atoms with van der Waals surface area (Å²) >= 11 is 0. The normalized spacial score (nSPS) is 10.0. The highest BCUT2D eigenvalue weighted by Gasteiger charge is 2.08. The SMILES string of the molecule is O=C(Nc1ccc([N+](=O)[O-])cc1)Nc1ccccc1CCO. The number of rotatable bonds is 5. The maximum absolute atomic E-state index is 11.9. The first-order chi connectivity index (χ1) is 10.6. The van der Waals surface area contributed by atoms with Crippen LogP contribution in [0.3, 0.4) is 0 Å². The smallest absolute Gasteiger partial charge is 0.323 e. The Balaban J connectivity index is 2.02. The van der Waals surface area contributed by atoms with Crippen molar-refractivity contribution in [1.82, 2.24) is 0 Å². The number of hydrogen-bond donors (Lipinski definition) is 3. The van der Waals surface area contributed by atoms with Gasteiger partial charge in [0.25, 0.3) is 5.69 Å². The maximum atomic E-state index is 11.9. The first-order valence-electron chi connectivity index (χ1n) is 6.61. The minimum atomic E-state index is -0.505. The molecule has 2 aromatic carbocycles. The number of nitrogens with zero attached hydrogens (tertiary/aromatic N) is 1. The molecule has 0 aliphatic rings. The predicted octanol–water partition coefficient (Wildman–Crippen LogP) is 2.77. The Labute approximate surface area is 126 Å². The van der Waals surface area contributed by atoms with Gasteiger partial charge in [-0.25, -0.2) is 4.79 Å². The lowest BCUT2D eigenvalue weighted by atomic mass is 10.1. The van der Waals surface area contributed by atoms with Gasteiger partial charge in [-0.15, -0.1) is 0 Å². The van der Waals surface area contributed by atoms with Crippen molar-refractivity contribution in [2.45, 2.75) is 6.42 Å². The standard InChI is InChI=1S/C15H15N3O4/c19-10-9-11-3-1-2-4-14(11)17-15(20)16-12-5-7-13(8-6-12)18(21)22/h1-8,19H,9-10H2,(H2,16,17,20). The van der Waals surface area contributed by atoms with Crippen LogP contribution in [0.2, 0.25) is 0 Å². The Morgan fingerprint density at radius 1 is 1.09 bits per heavy atom. The third kappa shape index (κ3) is 4.03. The fourth-order valence-electron chi connectivity index (χ4n) is 1.93. The number of nitro benzene ring substituents is 1. The van der Waals surface area contributed by atoms with E-state index in [1.54, 1.807) is 12.1 Å². The molecule has 0 aromatic heterocycles. The molecule has 0 heterocycles. The highest BCUT2D eigenvalue weighted by atomic mass is 16.6. The van der Waals surface area contributed by atoms with E-state index in [-0.39, 0.29) is 12.3 Å². The second-order valence-corrected chi connectivity index (χ2v) is 4.51. The summed E-state index contributed by atoms with van der Waals surface area (Å²) in [5.41, 5.74) is 1.84. The average molecular weight is 301 g/mol. The van der Waals surface area contributed by atoms with E-state index >= 15 is 0 Å². The van der Waals surface area contributed by atoms with Crippen LogP contribution in [0, 0.1) is 10.1 Å². The van der Waals surface area contributed by atoms with Gasteiger partial charge in [0, 0.05) is 30.1 Å². The molecule has 7 heteroatoms. The summed E-state index contributed by atoms with van der Waals surface area (Å²) in [4.78, 5) is 22.0. The molecule has 114 valence electrons. The quantitative estimate of drug-likeness (QED) is 0.583. The number of anilines is 2. The van der Waals surface area contributed by atoms with Crippen LogP contribution in [0.25, 0.3) is 0 Å². The highest BCUT2D eigenvalue weighted by Crippen LogP contribution is 2.18. The molecule has 0 fully saturated rings. The lowest BCUT2D eigenvalue weighted by molar-refractivity contribution is -0.384. The van der Waals surface area contributed by atoms with E-state index in [0.29, 0.717) is 17.8 Å². The summed E-state index contributed by atoms with van der Waals surface area (Å²) in [6, 6.07) is 12.2. The Morgan fingerprint density at radius 3 is 2.41 bits per heavy atom. The third-order valence-corrected chi connectivity index (χ3v) is 2.98. The molecule has 0 aliphatic heterocycles. The van der Waals surface area contributed by atoms with Gasteiger partial charge < -0.3 is 15.7 Å². The van der Waals surface area contributed by atoms with Crippen LogP contribution in [-0.4, -0.2) is 22.7 Å². The van der Waals surface area contributed by atoms with Crippen LogP contribution >= 0.6 is 0 Å². The van der Waals surface area contributed by atoms with Gasteiger partial charge >= 0.3 is 6.03 Å². The van der Waals surface area contributed by atoms with E-state index in [1.807, 2.05) is 12.1 Å². The minimum absolute atomic E-state index is 0.0112. The summed E-state index contributed by atoms with van der Waals surface area (Å²) in [7, 11) is 0. The van der Waals surface area contributed by atoms with Gasteiger partial charge in [0.05, 0.1) is 4.92 Å². The van der Waals surface area contributed by atoms with E-state index in [4.69, 9.17) is 5.11 Å². The summed E-state index contributed by atoms with van der Waals surface area (Å²) < 4.78 is 0. The second kappa shape index (κ2) is 7.19. The van der Waals surface area contributed by atoms with Crippen LogP contribution < -0.4 is 10.6 Å². The Kier molecular flexibility index (Phi) is 5.05. The number of aliphatic hydroxyl groups excluding tert-OH is 1. The molecule has 0 radical (unpaired) electrons. The van der Waals surface area contributed by atoms with Crippen molar-refractivity contribution in [2.75, 3.05) is 17.2 Å². The van der Waals surface area contributed by atoms with Gasteiger partial charge in [0.1, 0.15) is 0 Å². The Hall–Kier alpha value is -2.93. The van der Waals surface area contributed by atoms with Crippen molar-refractivity contribution in [3.63, 3.8) is 0 Å². The molecule has 22 heavy (non-hydrogen) atoms. The number of non-ortho nitro benzene ring substituents is 1. The van der Waals surface area contributed by atoms with Gasteiger partial charge in [-0.2, -0.15) is 0 Å². The van der Waals surface area contributed by atoms with Crippen LogP contribution in [0.15, 0.2) is 48.5 Å². The molecular weight excluding hydrogens is 286 g/mol. The molecule has 2 rings (SSSR count). The second-order valence-electron chi connectivity index (χ2n) is 4.51. The van der Waals surface area contributed by atoms with E-state index in [0.717, 1.165) is 5.56 Å². The van der Waals surface area contributed by atoms with E-state index in [9.17, 15) is 14.9 Å². The Bertz CT molecular complexity index is 671. The number of nitrogens with one attached hydrogen (secondary N) is 2. The Morgan fingerprint density at radius 2 is 1.77 bits per heavy atom. The first-order valence-corrected chi connectivity index (χ1v) is 6.61. The maximum Gasteiger partial charge on any atom is 0.323 e. The lowest BCUT2D eigenvalue weighted by Crippen LogP contribution is -2.20. The van der Waals surface area contributed by atoms with Crippen LogP contribution in [-0.2, 0) is 6.42 Å². The van der Waals surface area contributed by atoms with Gasteiger partial charge in [-0.05, 0) is 30.2 Å². The fourth-order valence-corrected chi connectivity index (χ4v) is 1.93. The number of urea groups is 1. The topological polar surface area (TPSA) is 104 Å². The molecule has 0 unspecified atom stereocenters. The van der Waals surface area contributed by atoms with Crippen molar-refractivity contribution in [3.8, 4) is 0 Å². The number of benzene rings is 2. The van der Waals surface area contributed by atoms with Crippen molar-refractivity contribution in [2.24, 2.45) is 0 Å². The number of aliphatic hydroxyl groups is 1. The molecule has 0 saturated heterocycles. The van der Waals surface area contributed by atoms with Gasteiger partial charge in [-0.1, -0.05) is 18.2 Å². The molecule has 2 aromatic rings. The van der Waals surface area contributed by atoms with Crippen LogP contribution in [0.1, 0.15) is 5.56 Å². The van der Waals surface area contributed by atoms with E-state index in [2.05, 4.69) is 10.6 Å². The van der Waals surface area contributed by atoms with Crippen molar-refractivity contribution >= 4 is 23.1 Å². The molecule has 2 amide bonds. The summed E-state index contributed by atoms with van der Waals surface area (Å²) in [6.45, 7) is -0.0112. The average Bonchev–Trinajstić information content (AvgIpc) is 2.50. The summed E-state index contributed by atoms with van der Waals surface area (Å²) in [5, 5.41) is 24.8. The number of para-hydroxylation sites is 1. The molecule has 0 atom stereocenters. The first kappa shape index (κ1) is 15.5. The zero-order valence-corrected chi connectivity index (χ0v) is 11.7. The molecular formula is C15H15N3O4. The molecule has 0 spiro atoms. The lowest BCUT2D eigenvalue weighted by Gasteiger charge is -2.11. The van der Waals surface area contributed by atoms with Gasteiger partial charge in [-0.3, -0.25) is 10.1 Å². The van der Waals surface area contributed by atoms with Crippen LogP contribution in [0.4, 0.5) is 21.9 Å². The predicted molar refractivity (Wildman–Crippen MR) is 83.0 cm³/mol. The molecule has 0 aliphatic carbocycles. The summed E-state index contributed by atoms with van der Waals surface area (Å²) in [6.07, 6.45) is 0.438. The number of carbonyl (C=O) groups excluding carboxylic acids is 1. The van der Waals surface area contributed by atoms with Gasteiger partial charge in [0.2, 0.25) is 0 Å². The molecule has 0 saturated carbocycles. The third-order valence-electron chi connectivity index (χ3n) is 2.98. The zero-order chi connectivity index (χ0) is 15.9. The molecule has 0 bridgehead atoms. The van der Waals surface area contributed by atoms with Crippen molar-refractivity contribution in [3.05, 3.63) is 64.2 Å². The molecule has 7 nitrogen and oxygen atoms in total. The number of nitro groups is 1. The fraction of sp³-hybridized carbons (Fsp3) is 0.133. The number of amides is 2. The van der Waals surface area contributed by atoms with E-state index < -0.39 is 11.0 Å². The van der Waals surface area contributed by atoms with Crippen molar-refractivity contribution in [1.29, 1.82) is 0 Å². The largest absolute Gasteiger partial charge is 0.396 e. The number of carbonyl (C=O) groups is 1. The monoisotopic (exact) mass is 301 g/mol. The summed E-state index contributed by atoms with van der Waals surface area (Å²) in [5.74, 6) is 0. The van der Waals surface area contributed by atoms with Crippen LogP contribution in [0.5, 0.6) is 0 Å². The van der Waals surface area contributed by atoms with Gasteiger partial charge in [0.15, 0.2) is 0 Å². The zero-order valence-electron chi connectivity index (χ0n) is 11.7. The van der Waals surface area contributed by atoms with Crippen molar-refractivity contribution < 1.29 is 14.8 Å². The minimum Gasteiger partial charge on any atom is -0.396 e. The molecule has 3 N–H and O–H groups in total.